The van der Waals surface area contributed by atoms with Gasteiger partial charge in [-0.25, -0.2) is 0 Å². The van der Waals surface area contributed by atoms with Crippen LogP contribution in [0.2, 0.25) is 0 Å². The Hall–Kier alpha value is -2.74. The second-order valence-corrected chi connectivity index (χ2v) is 12.4. The molecule has 2 aromatic rings. The zero-order valence-corrected chi connectivity index (χ0v) is 25.7. The highest BCUT2D eigenvalue weighted by atomic mass is 16.5. The highest BCUT2D eigenvalue weighted by Crippen LogP contribution is 2.30. The number of ketones is 2. The van der Waals surface area contributed by atoms with Crippen LogP contribution >= 0.6 is 0 Å². The molecule has 0 radical (unpaired) electrons. The average molecular weight is 567 g/mol. The Labute approximate surface area is 245 Å². The molecule has 2 aliphatic rings. The molecule has 0 spiro atoms. The fraction of sp³-hybridized carbons (Fsp3) is 0.697. The lowest BCUT2D eigenvalue weighted by Crippen LogP contribution is -2.47. The predicted octanol–water partition coefficient (Wildman–Crippen LogP) is 6.34. The maximum absolute atomic E-state index is 13.8. The number of amides is 1. The van der Waals surface area contributed by atoms with E-state index in [0.29, 0.717) is 37.6 Å². The minimum atomic E-state index is -0.557. The van der Waals surface area contributed by atoms with Gasteiger partial charge in [-0.3, -0.25) is 19.1 Å². The maximum Gasteiger partial charge on any atom is 0.245 e. The molecule has 0 saturated carbocycles. The van der Waals surface area contributed by atoms with E-state index in [2.05, 4.69) is 25.2 Å². The summed E-state index contributed by atoms with van der Waals surface area (Å²) in [4.78, 5) is 41.3. The van der Waals surface area contributed by atoms with E-state index in [1.165, 1.54) is 39.0 Å². The summed E-state index contributed by atoms with van der Waals surface area (Å²) in [6, 6.07) is 3.62. The molecule has 1 fully saturated rings. The number of benzene rings is 1. The number of hydrogen-bond donors (Lipinski definition) is 1. The van der Waals surface area contributed by atoms with Crippen LogP contribution in [0.1, 0.15) is 114 Å². The van der Waals surface area contributed by atoms with Crippen LogP contribution in [0, 0.1) is 5.92 Å². The Balaban J connectivity index is 1.71. The second kappa shape index (κ2) is 14.9. The van der Waals surface area contributed by atoms with E-state index in [9.17, 15) is 14.4 Å². The van der Waals surface area contributed by atoms with Gasteiger partial charge in [-0.15, -0.1) is 0 Å². The molecule has 0 aliphatic carbocycles. The van der Waals surface area contributed by atoms with E-state index < -0.39 is 6.04 Å². The van der Waals surface area contributed by atoms with Crippen molar-refractivity contribution in [3.05, 3.63) is 23.4 Å². The number of carbonyl (C=O) groups excluding carboxylic acids is 3. The molecule has 8 nitrogen and oxygen atoms in total. The molecular formula is C33H50N4O4. The van der Waals surface area contributed by atoms with Crippen molar-refractivity contribution in [1.82, 2.24) is 14.7 Å². The number of hydrogen-bond acceptors (Lipinski definition) is 6. The number of nitrogens with zero attached hydrogens (tertiary/aromatic N) is 3. The van der Waals surface area contributed by atoms with Crippen LogP contribution < -0.4 is 5.32 Å². The number of aryl methyl sites for hydroxylation is 1. The van der Waals surface area contributed by atoms with Crippen molar-refractivity contribution in [2.45, 2.75) is 123 Å². The maximum atomic E-state index is 13.8. The Bertz CT molecular complexity index is 1200. The van der Waals surface area contributed by atoms with Crippen LogP contribution in [0.5, 0.6) is 0 Å². The normalized spacial score (nSPS) is 21.8. The molecule has 226 valence electrons. The van der Waals surface area contributed by atoms with Gasteiger partial charge in [0.1, 0.15) is 18.3 Å². The number of fused-ring (bicyclic) bond motifs is 2. The lowest BCUT2D eigenvalue weighted by molar-refractivity contribution is -0.141. The van der Waals surface area contributed by atoms with Crippen molar-refractivity contribution in [3.63, 3.8) is 0 Å². The van der Waals surface area contributed by atoms with Crippen LogP contribution in [-0.2, 0) is 27.3 Å². The SMILES string of the molecule is CCC(=O)[C@@H]1[C@H]2CCN1C(=O)Cn1nc(C(C)=O)c3cc(NCC(C)C)cc(c31)CCCCCCCCCCCO2. The minimum Gasteiger partial charge on any atom is -0.385 e. The number of nitrogens with one attached hydrogen (secondary N) is 1. The monoisotopic (exact) mass is 566 g/mol. The molecule has 4 rings (SSSR count). The van der Waals surface area contributed by atoms with Crippen molar-refractivity contribution in [2.24, 2.45) is 5.92 Å². The van der Waals surface area contributed by atoms with Gasteiger partial charge < -0.3 is 15.0 Å². The molecule has 3 heterocycles. The van der Waals surface area contributed by atoms with E-state index in [-0.39, 0.29) is 30.1 Å². The highest BCUT2D eigenvalue weighted by molar-refractivity contribution is 6.06. The summed E-state index contributed by atoms with van der Waals surface area (Å²) < 4.78 is 7.93. The van der Waals surface area contributed by atoms with Crippen molar-refractivity contribution in [1.29, 1.82) is 0 Å². The third-order valence-corrected chi connectivity index (χ3v) is 8.52. The van der Waals surface area contributed by atoms with Gasteiger partial charge in [0.05, 0.1) is 11.6 Å². The van der Waals surface area contributed by atoms with Crippen LogP contribution in [-0.4, -0.2) is 64.0 Å². The Morgan fingerprint density at radius 3 is 2.39 bits per heavy atom. The predicted molar refractivity (Wildman–Crippen MR) is 163 cm³/mol. The highest BCUT2D eigenvalue weighted by Gasteiger charge is 2.41. The minimum absolute atomic E-state index is 0.00420. The van der Waals surface area contributed by atoms with Gasteiger partial charge in [0.2, 0.25) is 5.91 Å². The van der Waals surface area contributed by atoms with Crippen molar-refractivity contribution in [2.75, 3.05) is 25.0 Å². The summed E-state index contributed by atoms with van der Waals surface area (Å²) in [5.41, 5.74) is 3.35. The zero-order valence-electron chi connectivity index (χ0n) is 25.7. The number of anilines is 1. The fourth-order valence-corrected chi connectivity index (χ4v) is 6.31. The summed E-state index contributed by atoms with van der Waals surface area (Å²) in [5.74, 6) is 0.255. The second-order valence-electron chi connectivity index (χ2n) is 12.4. The molecule has 1 aromatic heterocycles. The number of ether oxygens (including phenoxy) is 1. The summed E-state index contributed by atoms with van der Waals surface area (Å²) >= 11 is 0. The lowest BCUT2D eigenvalue weighted by Gasteiger charge is -2.27. The van der Waals surface area contributed by atoms with Crippen molar-refractivity contribution in [3.8, 4) is 0 Å². The van der Waals surface area contributed by atoms with Gasteiger partial charge in [0.15, 0.2) is 11.6 Å². The van der Waals surface area contributed by atoms with Crippen LogP contribution in [0.3, 0.4) is 0 Å². The standard InChI is InChI=1S/C33H50N4O4/c1-5-28(39)33-29-16-17-36(33)30(40)22-37-32-25(15-13-11-9-7-6-8-10-12-14-18-41-29)19-26(34-21-23(2)3)20-27(32)31(35-37)24(4)38/h19-20,23,29,33-34H,5-18,21-22H2,1-4H3/t29-,33-/m1/s1. The zero-order chi connectivity index (χ0) is 29.4. The van der Waals surface area contributed by atoms with Crippen LogP contribution in [0.4, 0.5) is 5.69 Å². The van der Waals surface area contributed by atoms with Gasteiger partial charge >= 0.3 is 0 Å². The molecule has 1 amide bonds. The Kier molecular flexibility index (Phi) is 11.4. The fourth-order valence-electron chi connectivity index (χ4n) is 6.31. The van der Waals surface area contributed by atoms with Crippen molar-refractivity contribution >= 4 is 34.1 Å². The molecule has 2 atom stereocenters. The lowest BCUT2D eigenvalue weighted by atomic mass is 10.00. The molecule has 8 heteroatoms. The van der Waals surface area contributed by atoms with E-state index >= 15 is 0 Å². The largest absolute Gasteiger partial charge is 0.385 e. The molecule has 1 saturated heterocycles. The van der Waals surface area contributed by atoms with Gasteiger partial charge in [-0.2, -0.15) is 5.10 Å². The van der Waals surface area contributed by atoms with Gasteiger partial charge in [0.25, 0.3) is 0 Å². The molecule has 2 aliphatic heterocycles. The third kappa shape index (κ3) is 7.97. The van der Waals surface area contributed by atoms with Crippen molar-refractivity contribution < 1.29 is 19.1 Å². The number of aromatic nitrogens is 2. The summed E-state index contributed by atoms with van der Waals surface area (Å²) in [6.45, 7) is 9.67. The van der Waals surface area contributed by atoms with Crippen LogP contribution in [0.25, 0.3) is 10.9 Å². The summed E-state index contributed by atoms with van der Waals surface area (Å²) in [6.07, 6.45) is 12.2. The third-order valence-electron chi connectivity index (χ3n) is 8.52. The van der Waals surface area contributed by atoms with Crippen LogP contribution in [0.15, 0.2) is 12.1 Å². The van der Waals surface area contributed by atoms with E-state index in [1.54, 1.807) is 9.58 Å². The molecule has 41 heavy (non-hydrogen) atoms. The quantitative estimate of drug-likeness (QED) is 0.410. The van der Waals surface area contributed by atoms with E-state index in [4.69, 9.17) is 9.84 Å². The molecule has 1 N–H and O–H groups in total. The molecule has 0 unspecified atom stereocenters. The van der Waals surface area contributed by atoms with E-state index in [0.717, 1.165) is 60.8 Å². The Morgan fingerprint density at radius 1 is 1.05 bits per heavy atom. The Morgan fingerprint density at radius 2 is 1.73 bits per heavy atom. The average Bonchev–Trinajstić information content (AvgIpc) is 3.53. The van der Waals surface area contributed by atoms with E-state index in [1.807, 2.05) is 13.0 Å². The smallest absolute Gasteiger partial charge is 0.245 e. The first-order chi connectivity index (χ1) is 19.8. The van der Waals surface area contributed by atoms with Gasteiger partial charge in [-0.05, 0) is 49.3 Å². The summed E-state index contributed by atoms with van der Waals surface area (Å²) in [7, 11) is 0. The molecular weight excluding hydrogens is 516 g/mol. The van der Waals surface area contributed by atoms with Gasteiger partial charge in [0, 0.05) is 44.1 Å². The first-order valence-corrected chi connectivity index (χ1v) is 16.0. The number of Topliss-reactive ketones (excluding diaryl/α,β-unsaturated/α-hetero) is 2. The molecule has 1 aromatic carbocycles. The molecule has 2 bridgehead atoms. The first-order valence-electron chi connectivity index (χ1n) is 16.0. The number of carbonyl (C=O) groups is 3. The summed E-state index contributed by atoms with van der Waals surface area (Å²) in [5, 5.41) is 9.03. The number of rotatable bonds is 6. The van der Waals surface area contributed by atoms with Gasteiger partial charge in [-0.1, -0.05) is 65.7 Å². The first kappa shape index (κ1) is 31.2. The topological polar surface area (TPSA) is 93.5 Å².